The maximum absolute atomic E-state index is 6.01. The van der Waals surface area contributed by atoms with Gasteiger partial charge in [-0.3, -0.25) is 0 Å². The number of rotatable bonds is 5. The number of nitrogen functional groups attached to an aromatic ring is 1. The SMILES string of the molecule is COc1cc(-c2cccc(N)n2)ccc1CCN1CC2C(N)C2C1. The predicted molar refractivity (Wildman–Crippen MR) is 95.7 cm³/mol. The van der Waals surface area contributed by atoms with Crippen LogP contribution >= 0.6 is 0 Å². The first-order valence-corrected chi connectivity index (χ1v) is 8.53. The number of hydrogen-bond acceptors (Lipinski definition) is 5. The summed E-state index contributed by atoms with van der Waals surface area (Å²) in [4.78, 5) is 6.90. The first-order chi connectivity index (χ1) is 11.7. The second kappa shape index (κ2) is 6.07. The van der Waals surface area contributed by atoms with E-state index < -0.39 is 0 Å². The minimum absolute atomic E-state index is 0.459. The number of piperidine rings is 1. The third kappa shape index (κ3) is 2.85. The minimum Gasteiger partial charge on any atom is -0.496 e. The molecule has 2 unspecified atom stereocenters. The number of ether oxygens (including phenoxy) is 1. The molecule has 1 saturated carbocycles. The number of nitrogens with zero attached hydrogens (tertiary/aromatic N) is 2. The number of likely N-dealkylation sites (tertiary alicyclic amines) is 1. The Kier molecular flexibility index (Phi) is 3.90. The maximum atomic E-state index is 6.01. The lowest BCUT2D eigenvalue weighted by molar-refractivity contribution is 0.300. The molecule has 24 heavy (non-hydrogen) atoms. The molecule has 4 N–H and O–H groups in total. The molecule has 1 aliphatic heterocycles. The molecule has 2 aromatic rings. The molecular formula is C19H24N4O. The smallest absolute Gasteiger partial charge is 0.124 e. The van der Waals surface area contributed by atoms with Gasteiger partial charge in [0.15, 0.2) is 0 Å². The molecule has 2 atom stereocenters. The molecule has 126 valence electrons. The van der Waals surface area contributed by atoms with Crippen LogP contribution in [0.1, 0.15) is 5.56 Å². The van der Waals surface area contributed by atoms with Crippen molar-refractivity contribution in [2.75, 3.05) is 32.5 Å². The number of fused-ring (bicyclic) bond motifs is 1. The highest BCUT2D eigenvalue weighted by Gasteiger charge is 2.53. The van der Waals surface area contributed by atoms with Crippen LogP contribution in [0, 0.1) is 11.8 Å². The fraction of sp³-hybridized carbons (Fsp3) is 0.421. The fourth-order valence-electron chi connectivity index (χ4n) is 3.84. The second-order valence-corrected chi connectivity index (χ2v) is 6.89. The Bertz CT molecular complexity index is 736. The number of pyridine rings is 1. The Hall–Kier alpha value is -2.11. The average molecular weight is 324 g/mol. The minimum atomic E-state index is 0.459. The quantitative estimate of drug-likeness (QED) is 0.876. The van der Waals surface area contributed by atoms with Crippen LogP contribution in [0.4, 0.5) is 5.82 Å². The zero-order chi connectivity index (χ0) is 16.7. The summed E-state index contributed by atoms with van der Waals surface area (Å²) in [6.07, 6.45) is 0.989. The van der Waals surface area contributed by atoms with E-state index in [0.717, 1.165) is 54.9 Å². The third-order valence-electron chi connectivity index (χ3n) is 5.39. The average Bonchev–Trinajstić information content (AvgIpc) is 3.01. The lowest BCUT2D eigenvalue weighted by atomic mass is 10.0. The van der Waals surface area contributed by atoms with Crippen molar-refractivity contribution in [3.8, 4) is 17.0 Å². The van der Waals surface area contributed by atoms with Crippen LogP contribution in [0.2, 0.25) is 0 Å². The van der Waals surface area contributed by atoms with Crippen LogP contribution in [0.25, 0.3) is 11.3 Å². The Morgan fingerprint density at radius 1 is 1.21 bits per heavy atom. The molecule has 5 heteroatoms. The summed E-state index contributed by atoms with van der Waals surface area (Å²) >= 11 is 0. The number of aromatic nitrogens is 1. The summed E-state index contributed by atoms with van der Waals surface area (Å²) in [6.45, 7) is 3.37. The fourth-order valence-corrected chi connectivity index (χ4v) is 3.84. The van der Waals surface area contributed by atoms with Gasteiger partial charge in [0, 0.05) is 31.2 Å². The van der Waals surface area contributed by atoms with E-state index in [2.05, 4.69) is 28.1 Å². The van der Waals surface area contributed by atoms with Gasteiger partial charge in [-0.2, -0.15) is 0 Å². The third-order valence-corrected chi connectivity index (χ3v) is 5.39. The Morgan fingerprint density at radius 2 is 2.00 bits per heavy atom. The number of anilines is 1. The molecular weight excluding hydrogens is 300 g/mol. The van der Waals surface area contributed by atoms with Crippen molar-refractivity contribution < 1.29 is 4.74 Å². The van der Waals surface area contributed by atoms with Crippen molar-refractivity contribution in [1.29, 1.82) is 0 Å². The molecule has 0 spiro atoms. The molecule has 0 bridgehead atoms. The molecule has 5 nitrogen and oxygen atoms in total. The van der Waals surface area contributed by atoms with Gasteiger partial charge < -0.3 is 21.1 Å². The van der Waals surface area contributed by atoms with E-state index in [4.69, 9.17) is 16.2 Å². The number of hydrogen-bond donors (Lipinski definition) is 2. The highest BCUT2D eigenvalue weighted by molar-refractivity contribution is 5.64. The molecule has 4 rings (SSSR count). The van der Waals surface area contributed by atoms with Gasteiger partial charge in [0.05, 0.1) is 12.8 Å². The summed E-state index contributed by atoms with van der Waals surface area (Å²) in [5.41, 5.74) is 14.9. The van der Waals surface area contributed by atoms with E-state index in [1.165, 1.54) is 5.56 Å². The van der Waals surface area contributed by atoms with Gasteiger partial charge >= 0.3 is 0 Å². The number of benzene rings is 1. The van der Waals surface area contributed by atoms with Crippen molar-refractivity contribution in [1.82, 2.24) is 9.88 Å². The highest BCUT2D eigenvalue weighted by atomic mass is 16.5. The summed E-state index contributed by atoms with van der Waals surface area (Å²) in [5, 5.41) is 0. The summed E-state index contributed by atoms with van der Waals surface area (Å²) in [6, 6.07) is 12.4. The van der Waals surface area contributed by atoms with E-state index in [1.807, 2.05) is 12.1 Å². The topological polar surface area (TPSA) is 77.4 Å². The van der Waals surface area contributed by atoms with Gasteiger partial charge in [-0.1, -0.05) is 18.2 Å². The largest absolute Gasteiger partial charge is 0.496 e. The zero-order valence-electron chi connectivity index (χ0n) is 14.0. The Labute approximate surface area is 142 Å². The molecule has 1 aromatic carbocycles. The molecule has 2 fully saturated rings. The molecule has 2 aliphatic rings. The van der Waals surface area contributed by atoms with Gasteiger partial charge in [-0.15, -0.1) is 0 Å². The van der Waals surface area contributed by atoms with Crippen molar-refractivity contribution in [2.45, 2.75) is 12.5 Å². The molecule has 0 radical (unpaired) electrons. The van der Waals surface area contributed by atoms with Gasteiger partial charge in [0.2, 0.25) is 0 Å². The van der Waals surface area contributed by atoms with E-state index in [1.54, 1.807) is 13.2 Å². The molecule has 1 aliphatic carbocycles. The Balaban J connectivity index is 1.46. The first-order valence-electron chi connectivity index (χ1n) is 8.53. The van der Waals surface area contributed by atoms with Crippen molar-refractivity contribution in [3.05, 3.63) is 42.0 Å². The number of nitrogens with two attached hydrogens (primary N) is 2. The second-order valence-electron chi connectivity index (χ2n) is 6.89. The molecule has 1 aromatic heterocycles. The van der Waals surface area contributed by atoms with E-state index in [9.17, 15) is 0 Å². The van der Waals surface area contributed by atoms with Crippen LogP contribution in [0.5, 0.6) is 5.75 Å². The van der Waals surface area contributed by atoms with Gasteiger partial charge in [-0.05, 0) is 42.0 Å². The normalized spacial score (nSPS) is 25.5. The monoisotopic (exact) mass is 324 g/mol. The zero-order valence-corrected chi connectivity index (χ0v) is 14.0. The van der Waals surface area contributed by atoms with Crippen LogP contribution < -0.4 is 16.2 Å². The van der Waals surface area contributed by atoms with E-state index >= 15 is 0 Å². The van der Waals surface area contributed by atoms with Crippen LogP contribution in [-0.2, 0) is 6.42 Å². The lowest BCUT2D eigenvalue weighted by Gasteiger charge is -2.19. The van der Waals surface area contributed by atoms with Crippen molar-refractivity contribution in [2.24, 2.45) is 17.6 Å². The van der Waals surface area contributed by atoms with Crippen LogP contribution in [0.15, 0.2) is 36.4 Å². The van der Waals surface area contributed by atoms with Gasteiger partial charge in [0.25, 0.3) is 0 Å². The first kappa shape index (κ1) is 15.4. The molecule has 0 amide bonds. The van der Waals surface area contributed by atoms with Crippen LogP contribution in [0.3, 0.4) is 0 Å². The molecule has 2 heterocycles. The summed E-state index contributed by atoms with van der Waals surface area (Å²) in [5.74, 6) is 2.92. The standard InChI is InChI=1S/C19H24N4O/c1-24-17-9-13(16-3-2-4-18(20)22-16)6-5-12(17)7-8-23-10-14-15(11-23)19(14)21/h2-6,9,14-15,19H,7-8,10-11,21H2,1H3,(H2,20,22). The van der Waals surface area contributed by atoms with E-state index in [-0.39, 0.29) is 0 Å². The maximum Gasteiger partial charge on any atom is 0.124 e. The summed E-state index contributed by atoms with van der Waals surface area (Å²) < 4.78 is 5.60. The Morgan fingerprint density at radius 3 is 2.71 bits per heavy atom. The molecule has 1 saturated heterocycles. The lowest BCUT2D eigenvalue weighted by Crippen LogP contribution is -2.30. The van der Waals surface area contributed by atoms with Gasteiger partial charge in [-0.25, -0.2) is 4.98 Å². The highest BCUT2D eigenvalue weighted by Crippen LogP contribution is 2.43. The van der Waals surface area contributed by atoms with Crippen molar-refractivity contribution >= 4 is 5.82 Å². The number of methoxy groups -OCH3 is 1. The summed E-state index contributed by atoms with van der Waals surface area (Å²) in [7, 11) is 1.72. The van der Waals surface area contributed by atoms with Crippen LogP contribution in [-0.4, -0.2) is 42.7 Å². The predicted octanol–water partition coefficient (Wildman–Crippen LogP) is 1.77. The van der Waals surface area contributed by atoms with E-state index in [0.29, 0.717) is 11.9 Å². The van der Waals surface area contributed by atoms with Crippen molar-refractivity contribution in [3.63, 3.8) is 0 Å². The van der Waals surface area contributed by atoms with Gasteiger partial charge in [0.1, 0.15) is 11.6 Å².